The molecule has 0 saturated carbocycles. The van der Waals surface area contributed by atoms with Crippen LogP contribution in [0.3, 0.4) is 0 Å². The maximum atomic E-state index is 6.06. The number of benzene rings is 1. The van der Waals surface area contributed by atoms with E-state index in [-0.39, 0.29) is 12.2 Å². The average Bonchev–Trinajstić information content (AvgIpc) is 2.40. The smallest absolute Gasteiger partial charge is 0.188 e. The summed E-state index contributed by atoms with van der Waals surface area (Å²) in [5.41, 5.74) is 2.97. The van der Waals surface area contributed by atoms with Gasteiger partial charge in [0.25, 0.3) is 0 Å². The van der Waals surface area contributed by atoms with E-state index in [1.54, 1.807) is 7.11 Å². The lowest BCUT2D eigenvalue weighted by Crippen LogP contribution is -2.22. The number of hydrogen-bond donors (Lipinski definition) is 1. The highest BCUT2D eigenvalue weighted by Gasteiger charge is 2.15. The van der Waals surface area contributed by atoms with E-state index in [9.17, 15) is 0 Å². The Morgan fingerprint density at radius 1 is 1.39 bits per heavy atom. The molecule has 18 heavy (non-hydrogen) atoms. The minimum absolute atomic E-state index is 0.0296. The van der Waals surface area contributed by atoms with Gasteiger partial charge in [-0.1, -0.05) is 12.7 Å². The Kier molecular flexibility index (Phi) is 4.28. The number of allylic oxidation sites excluding steroid dienone is 2. The topological polar surface area (TPSA) is 30.5 Å². The van der Waals surface area contributed by atoms with Crippen LogP contribution in [0.4, 0.5) is 0 Å². The van der Waals surface area contributed by atoms with Crippen LogP contribution in [0.1, 0.15) is 12.0 Å². The summed E-state index contributed by atoms with van der Waals surface area (Å²) in [5.74, 6) is 0.783. The summed E-state index contributed by atoms with van der Waals surface area (Å²) in [7, 11) is 1.60. The molecule has 0 spiro atoms. The van der Waals surface area contributed by atoms with Gasteiger partial charge in [-0.2, -0.15) is 0 Å². The standard InChI is InChI=1S/C14H16ClNO2/c1-10-13(15)7-8-14(16-10)11-3-5-12(6-4-11)18-9-17-2/h3-6,8,13,16H,1,7,9H2,2H3. The van der Waals surface area contributed by atoms with Crippen LogP contribution in [-0.2, 0) is 4.74 Å². The molecule has 0 amide bonds. The Hall–Kier alpha value is -1.45. The van der Waals surface area contributed by atoms with E-state index < -0.39 is 0 Å². The number of nitrogens with one attached hydrogen (secondary N) is 1. The molecule has 2 rings (SSSR count). The van der Waals surface area contributed by atoms with E-state index in [4.69, 9.17) is 21.1 Å². The molecular weight excluding hydrogens is 250 g/mol. The van der Waals surface area contributed by atoms with Crippen molar-refractivity contribution in [2.24, 2.45) is 0 Å². The summed E-state index contributed by atoms with van der Waals surface area (Å²) in [6, 6.07) is 7.80. The van der Waals surface area contributed by atoms with Crippen molar-refractivity contribution in [2.45, 2.75) is 11.8 Å². The van der Waals surface area contributed by atoms with Crippen LogP contribution in [0.25, 0.3) is 5.70 Å². The Morgan fingerprint density at radius 3 is 2.72 bits per heavy atom. The van der Waals surface area contributed by atoms with Crippen LogP contribution < -0.4 is 10.1 Å². The molecule has 3 nitrogen and oxygen atoms in total. The van der Waals surface area contributed by atoms with Crippen LogP contribution >= 0.6 is 11.6 Å². The second-order valence-electron chi connectivity index (χ2n) is 4.05. The van der Waals surface area contributed by atoms with Gasteiger partial charge in [-0.15, -0.1) is 11.6 Å². The maximum Gasteiger partial charge on any atom is 0.188 e. The van der Waals surface area contributed by atoms with Gasteiger partial charge in [0.1, 0.15) is 5.75 Å². The van der Waals surface area contributed by atoms with Crippen molar-refractivity contribution < 1.29 is 9.47 Å². The van der Waals surface area contributed by atoms with Crippen molar-refractivity contribution in [2.75, 3.05) is 13.9 Å². The molecule has 0 aliphatic carbocycles. The predicted octanol–water partition coefficient (Wildman–Crippen LogP) is 3.12. The van der Waals surface area contributed by atoms with Crippen molar-refractivity contribution in [1.82, 2.24) is 5.32 Å². The van der Waals surface area contributed by atoms with Gasteiger partial charge in [-0.3, -0.25) is 0 Å². The third kappa shape index (κ3) is 3.06. The molecule has 0 bridgehead atoms. The third-order valence-electron chi connectivity index (χ3n) is 2.71. The Labute approximate surface area is 112 Å². The number of methoxy groups -OCH3 is 1. The first-order valence-corrected chi connectivity index (χ1v) is 6.16. The summed E-state index contributed by atoms with van der Waals surface area (Å²) in [5, 5.41) is 3.18. The zero-order valence-corrected chi connectivity index (χ0v) is 11.0. The minimum Gasteiger partial charge on any atom is -0.468 e. The first-order valence-electron chi connectivity index (χ1n) is 5.73. The van der Waals surface area contributed by atoms with Crippen molar-refractivity contribution >= 4 is 17.3 Å². The summed E-state index contributed by atoms with van der Waals surface area (Å²) in [4.78, 5) is 0. The molecule has 96 valence electrons. The molecule has 0 fully saturated rings. The highest BCUT2D eigenvalue weighted by atomic mass is 35.5. The van der Waals surface area contributed by atoms with E-state index in [0.29, 0.717) is 0 Å². The molecule has 1 aliphatic rings. The van der Waals surface area contributed by atoms with E-state index in [1.807, 2.05) is 24.3 Å². The van der Waals surface area contributed by atoms with E-state index >= 15 is 0 Å². The van der Waals surface area contributed by atoms with Crippen LogP contribution in [0.5, 0.6) is 5.75 Å². The first kappa shape index (κ1) is 13.0. The molecule has 1 heterocycles. The molecule has 0 radical (unpaired) electrons. The fourth-order valence-corrected chi connectivity index (χ4v) is 1.86. The highest BCUT2D eigenvalue weighted by molar-refractivity contribution is 6.22. The monoisotopic (exact) mass is 265 g/mol. The molecule has 1 atom stereocenters. The lowest BCUT2D eigenvalue weighted by molar-refractivity contribution is 0.0511. The number of halogens is 1. The Morgan fingerprint density at radius 2 is 2.11 bits per heavy atom. The van der Waals surface area contributed by atoms with Crippen molar-refractivity contribution in [3.63, 3.8) is 0 Å². The van der Waals surface area contributed by atoms with Gasteiger partial charge in [0.2, 0.25) is 0 Å². The lowest BCUT2D eigenvalue weighted by atomic mass is 10.1. The van der Waals surface area contributed by atoms with Gasteiger partial charge in [0.15, 0.2) is 6.79 Å². The molecule has 0 aromatic heterocycles. The van der Waals surface area contributed by atoms with Gasteiger partial charge in [0, 0.05) is 18.5 Å². The highest BCUT2D eigenvalue weighted by Crippen LogP contribution is 2.25. The Balaban J connectivity index is 2.08. The predicted molar refractivity (Wildman–Crippen MR) is 73.5 cm³/mol. The summed E-state index contributed by atoms with van der Waals surface area (Å²) in [6.45, 7) is 4.16. The van der Waals surface area contributed by atoms with Gasteiger partial charge >= 0.3 is 0 Å². The van der Waals surface area contributed by atoms with Gasteiger partial charge in [0.05, 0.1) is 5.38 Å². The van der Waals surface area contributed by atoms with Crippen molar-refractivity contribution in [3.05, 3.63) is 48.2 Å². The number of alkyl halides is 1. The third-order valence-corrected chi connectivity index (χ3v) is 3.15. The van der Waals surface area contributed by atoms with Crippen LogP contribution in [0.15, 0.2) is 42.6 Å². The number of rotatable bonds is 4. The van der Waals surface area contributed by atoms with Gasteiger partial charge in [-0.25, -0.2) is 0 Å². The van der Waals surface area contributed by atoms with Crippen LogP contribution in [0, 0.1) is 0 Å². The fourth-order valence-electron chi connectivity index (χ4n) is 1.71. The molecule has 1 aliphatic heterocycles. The van der Waals surface area contributed by atoms with Gasteiger partial charge < -0.3 is 14.8 Å². The minimum atomic E-state index is -0.0296. The zero-order valence-electron chi connectivity index (χ0n) is 10.3. The largest absolute Gasteiger partial charge is 0.468 e. The van der Waals surface area contributed by atoms with E-state index in [2.05, 4.69) is 18.0 Å². The first-order chi connectivity index (χ1) is 8.70. The summed E-state index contributed by atoms with van der Waals surface area (Å²) in [6.07, 6.45) is 2.88. The van der Waals surface area contributed by atoms with E-state index in [1.165, 1.54) is 0 Å². The number of ether oxygens (including phenoxy) is 2. The molecule has 1 aromatic rings. The van der Waals surface area contributed by atoms with Crippen LogP contribution in [0.2, 0.25) is 0 Å². The summed E-state index contributed by atoms with van der Waals surface area (Å²) < 4.78 is 10.2. The molecule has 0 saturated heterocycles. The Bertz CT molecular complexity index is 453. The SMILES string of the molecule is C=C1NC(c2ccc(OCOC)cc2)=CCC1Cl. The zero-order chi connectivity index (χ0) is 13.0. The molecule has 1 unspecified atom stereocenters. The normalized spacial score (nSPS) is 19.1. The van der Waals surface area contributed by atoms with Crippen molar-refractivity contribution in [3.8, 4) is 5.75 Å². The lowest BCUT2D eigenvalue weighted by Gasteiger charge is -2.22. The maximum absolute atomic E-state index is 6.06. The quantitative estimate of drug-likeness (QED) is 0.670. The average molecular weight is 266 g/mol. The van der Waals surface area contributed by atoms with Crippen LogP contribution in [-0.4, -0.2) is 19.3 Å². The van der Waals surface area contributed by atoms with Crippen molar-refractivity contribution in [1.29, 1.82) is 0 Å². The molecule has 1 aromatic carbocycles. The summed E-state index contributed by atoms with van der Waals surface area (Å²) >= 11 is 6.06. The van der Waals surface area contributed by atoms with E-state index in [0.717, 1.165) is 29.1 Å². The molecule has 4 heteroatoms. The molecular formula is C14H16ClNO2. The fraction of sp³-hybridized carbons (Fsp3) is 0.286. The number of hydrogen-bond acceptors (Lipinski definition) is 3. The second kappa shape index (κ2) is 5.94. The second-order valence-corrected chi connectivity index (χ2v) is 4.57. The molecule has 1 N–H and O–H groups in total. The van der Waals surface area contributed by atoms with Gasteiger partial charge in [-0.05, 0) is 36.2 Å².